The highest BCUT2D eigenvalue weighted by Gasteiger charge is 2.30. The molecule has 0 spiro atoms. The number of halogens is 1. The van der Waals surface area contributed by atoms with E-state index < -0.39 is 6.10 Å². The summed E-state index contributed by atoms with van der Waals surface area (Å²) in [7, 11) is 0. The van der Waals surface area contributed by atoms with Gasteiger partial charge in [0, 0.05) is 22.8 Å². The van der Waals surface area contributed by atoms with Gasteiger partial charge in [-0.3, -0.25) is 4.79 Å². The van der Waals surface area contributed by atoms with Gasteiger partial charge in [-0.25, -0.2) is 9.97 Å². The molecule has 32 heavy (non-hydrogen) atoms. The van der Waals surface area contributed by atoms with Crippen molar-refractivity contribution in [1.82, 2.24) is 9.97 Å². The number of anilines is 1. The average Bonchev–Trinajstić information content (AvgIpc) is 3.38. The highest BCUT2D eigenvalue weighted by Crippen LogP contribution is 2.37. The third-order valence-electron chi connectivity index (χ3n) is 6.03. The lowest BCUT2D eigenvalue weighted by Crippen LogP contribution is -2.20. The average molecular weight is 453 g/mol. The molecule has 0 saturated heterocycles. The van der Waals surface area contributed by atoms with E-state index in [-0.39, 0.29) is 23.7 Å². The Morgan fingerprint density at radius 1 is 1.28 bits per heavy atom. The number of aliphatic hydroxyl groups is 1. The number of hydrogen-bond acceptors (Lipinski definition) is 7. The molecule has 2 N–H and O–H groups in total. The Kier molecular flexibility index (Phi) is 5.71. The lowest BCUT2D eigenvalue weighted by Gasteiger charge is -2.26. The molecule has 0 bridgehead atoms. The predicted molar refractivity (Wildman–Crippen MR) is 119 cm³/mol. The van der Waals surface area contributed by atoms with Crippen LogP contribution in [0.25, 0.3) is 0 Å². The maximum Gasteiger partial charge on any atom is 0.233 e. The van der Waals surface area contributed by atoms with Crippen molar-refractivity contribution in [1.29, 1.82) is 0 Å². The van der Waals surface area contributed by atoms with Crippen molar-refractivity contribution >= 4 is 23.2 Å². The smallest absolute Gasteiger partial charge is 0.233 e. The Bertz CT molecular complexity index is 1160. The van der Waals surface area contributed by atoms with Crippen LogP contribution in [0.15, 0.2) is 41.2 Å². The van der Waals surface area contributed by atoms with E-state index in [2.05, 4.69) is 15.3 Å². The van der Waals surface area contributed by atoms with Crippen LogP contribution in [0.2, 0.25) is 5.02 Å². The van der Waals surface area contributed by atoms with E-state index in [1.165, 1.54) is 18.1 Å². The molecule has 2 aliphatic rings. The quantitative estimate of drug-likeness (QED) is 0.563. The van der Waals surface area contributed by atoms with E-state index in [9.17, 15) is 9.90 Å². The largest absolute Gasteiger partial charge is 0.457 e. The molecule has 3 aromatic rings. The molecule has 3 atom stereocenters. The fourth-order valence-corrected chi connectivity index (χ4v) is 4.58. The van der Waals surface area contributed by atoms with Crippen molar-refractivity contribution in [3.05, 3.63) is 82.0 Å². The van der Waals surface area contributed by atoms with Gasteiger partial charge < -0.3 is 19.6 Å². The standard InChI is InChI=1S/C24H23ClN3O4/c1-13-18(23-19-8-15(25)3-2-14(19)6-7-31-23)10-21(32-13)22(30)20-11-26-12-27-24(20)28-16-4-5-17(29)9-16/h2-3,5,8,10-12,16-17,23,29H,4,6-7,9H2,1H3,(H,26,27,28)/t16-,17+,23-/m1/s1. The fourth-order valence-electron chi connectivity index (χ4n) is 4.40. The zero-order valence-electron chi connectivity index (χ0n) is 17.5. The zero-order chi connectivity index (χ0) is 22.2. The third kappa shape index (κ3) is 4.03. The Balaban J connectivity index is 1.44. The van der Waals surface area contributed by atoms with Crippen LogP contribution < -0.4 is 5.32 Å². The first-order chi connectivity index (χ1) is 15.5. The summed E-state index contributed by atoms with van der Waals surface area (Å²) >= 11 is 6.23. The summed E-state index contributed by atoms with van der Waals surface area (Å²) in [5.74, 6) is 0.934. The van der Waals surface area contributed by atoms with Gasteiger partial charge in [0.25, 0.3) is 0 Å². The number of ketones is 1. The summed E-state index contributed by atoms with van der Waals surface area (Å²) in [6.07, 6.45) is 6.01. The van der Waals surface area contributed by atoms with Gasteiger partial charge in [-0.1, -0.05) is 17.7 Å². The van der Waals surface area contributed by atoms with Crippen molar-refractivity contribution in [3.8, 4) is 0 Å². The molecular formula is C24H23ClN3O4. The molecule has 1 aliphatic heterocycles. The van der Waals surface area contributed by atoms with E-state index >= 15 is 0 Å². The van der Waals surface area contributed by atoms with Gasteiger partial charge >= 0.3 is 0 Å². The van der Waals surface area contributed by atoms with E-state index in [0.717, 1.165) is 17.5 Å². The Labute approximate surface area is 190 Å². The summed E-state index contributed by atoms with van der Waals surface area (Å²) in [4.78, 5) is 21.6. The number of nitrogens with zero attached hydrogens (tertiary/aromatic N) is 2. The van der Waals surface area contributed by atoms with Crippen LogP contribution in [0.1, 0.15) is 57.5 Å². The molecule has 165 valence electrons. The minimum Gasteiger partial charge on any atom is -0.457 e. The second kappa shape index (κ2) is 8.65. The summed E-state index contributed by atoms with van der Waals surface area (Å²) in [6, 6.07) is 7.56. The van der Waals surface area contributed by atoms with Crippen LogP contribution in [0, 0.1) is 13.3 Å². The topological polar surface area (TPSA) is 97.5 Å². The first kappa shape index (κ1) is 21.1. The first-order valence-corrected chi connectivity index (χ1v) is 11.0. The van der Waals surface area contributed by atoms with Crippen LogP contribution >= 0.6 is 11.6 Å². The number of nitrogens with one attached hydrogen (secondary N) is 1. The SMILES string of the molecule is Cc1oc(C(=O)c2cncnc2N[C@@H]2C[CH][C@H](O)C2)cc1[C@H]1OCCc2ccc(Cl)cc21. The number of benzene rings is 1. The maximum absolute atomic E-state index is 13.3. The number of rotatable bonds is 5. The van der Waals surface area contributed by atoms with Crippen LogP contribution in [0.3, 0.4) is 0 Å². The van der Waals surface area contributed by atoms with Gasteiger partial charge in [0.15, 0.2) is 5.76 Å². The van der Waals surface area contributed by atoms with Crippen molar-refractivity contribution in [2.45, 2.75) is 44.4 Å². The summed E-state index contributed by atoms with van der Waals surface area (Å²) in [5, 5.41) is 13.6. The molecule has 1 radical (unpaired) electrons. The van der Waals surface area contributed by atoms with Gasteiger partial charge in [0.2, 0.25) is 5.78 Å². The summed E-state index contributed by atoms with van der Waals surface area (Å²) < 4.78 is 11.9. The lowest BCUT2D eigenvalue weighted by molar-refractivity contribution is 0.0689. The zero-order valence-corrected chi connectivity index (χ0v) is 18.3. The van der Waals surface area contributed by atoms with Crippen LogP contribution in [0.4, 0.5) is 5.82 Å². The van der Waals surface area contributed by atoms with E-state index in [1.807, 2.05) is 31.5 Å². The molecule has 1 aliphatic carbocycles. The molecule has 5 rings (SSSR count). The normalized spacial score (nSPS) is 22.5. The predicted octanol–water partition coefficient (Wildman–Crippen LogP) is 4.06. The molecular weight excluding hydrogens is 430 g/mol. The first-order valence-electron chi connectivity index (χ1n) is 10.6. The minimum atomic E-state index is -0.448. The number of furan rings is 1. The maximum atomic E-state index is 13.3. The molecule has 0 amide bonds. The fraction of sp³-hybridized carbons (Fsp3) is 0.333. The second-order valence-corrected chi connectivity index (χ2v) is 8.63. The molecule has 1 saturated carbocycles. The monoisotopic (exact) mass is 452 g/mol. The Morgan fingerprint density at radius 2 is 2.16 bits per heavy atom. The number of aryl methyl sites for hydroxylation is 1. The molecule has 3 heterocycles. The number of carbonyl (C=O) groups is 1. The Morgan fingerprint density at radius 3 is 2.97 bits per heavy atom. The summed E-state index contributed by atoms with van der Waals surface area (Å²) in [6.45, 7) is 2.41. The van der Waals surface area contributed by atoms with Gasteiger partial charge in [-0.05, 0) is 61.9 Å². The lowest BCUT2D eigenvalue weighted by atomic mass is 9.93. The minimum absolute atomic E-state index is 0.0113. The number of hydrogen-bond donors (Lipinski definition) is 2. The molecule has 1 fully saturated rings. The second-order valence-electron chi connectivity index (χ2n) is 8.20. The van der Waals surface area contributed by atoms with Crippen molar-refractivity contribution in [3.63, 3.8) is 0 Å². The number of fused-ring (bicyclic) bond motifs is 1. The highest BCUT2D eigenvalue weighted by molar-refractivity contribution is 6.30. The van der Waals surface area contributed by atoms with Crippen LogP contribution in [-0.4, -0.2) is 39.6 Å². The van der Waals surface area contributed by atoms with E-state index in [1.54, 1.807) is 6.07 Å². The number of aliphatic hydroxyl groups excluding tert-OH is 1. The van der Waals surface area contributed by atoms with Gasteiger partial charge in [-0.2, -0.15) is 0 Å². The Hall–Kier alpha value is -2.74. The van der Waals surface area contributed by atoms with E-state index in [0.29, 0.717) is 41.6 Å². The van der Waals surface area contributed by atoms with Crippen LogP contribution in [0.5, 0.6) is 0 Å². The van der Waals surface area contributed by atoms with E-state index in [4.69, 9.17) is 20.8 Å². The summed E-state index contributed by atoms with van der Waals surface area (Å²) in [5.41, 5.74) is 3.30. The number of aromatic nitrogens is 2. The molecule has 7 nitrogen and oxygen atoms in total. The molecule has 2 aromatic heterocycles. The van der Waals surface area contributed by atoms with Crippen molar-refractivity contribution < 1.29 is 19.1 Å². The van der Waals surface area contributed by atoms with Gasteiger partial charge in [-0.15, -0.1) is 0 Å². The number of carbonyl (C=O) groups excluding carboxylic acids is 1. The molecule has 1 aromatic carbocycles. The van der Waals surface area contributed by atoms with Crippen molar-refractivity contribution in [2.24, 2.45) is 0 Å². The van der Waals surface area contributed by atoms with Gasteiger partial charge in [0.05, 0.1) is 18.3 Å². The molecule has 0 unspecified atom stereocenters. The van der Waals surface area contributed by atoms with Crippen molar-refractivity contribution in [2.75, 3.05) is 11.9 Å². The number of ether oxygens (including phenoxy) is 1. The van der Waals surface area contributed by atoms with Gasteiger partial charge in [0.1, 0.15) is 24.0 Å². The highest BCUT2D eigenvalue weighted by atomic mass is 35.5. The van der Waals surface area contributed by atoms with Crippen LogP contribution in [-0.2, 0) is 11.2 Å². The third-order valence-corrected chi connectivity index (χ3v) is 6.26. The molecule has 8 heteroatoms.